The fourth-order valence-electron chi connectivity index (χ4n) is 2.90. The van der Waals surface area contributed by atoms with Gasteiger partial charge in [0.2, 0.25) is 15.9 Å². The first kappa shape index (κ1) is 17.6. The molecule has 1 aliphatic heterocycles. The predicted octanol–water partition coefficient (Wildman–Crippen LogP) is 2.52. The van der Waals surface area contributed by atoms with Gasteiger partial charge in [-0.05, 0) is 30.5 Å². The fourth-order valence-corrected chi connectivity index (χ4v) is 5.50. The molecule has 0 atom stereocenters. The summed E-state index contributed by atoms with van der Waals surface area (Å²) >= 11 is 1.34. The molecule has 26 heavy (non-hydrogen) atoms. The second-order valence-electron chi connectivity index (χ2n) is 6.62. The van der Waals surface area contributed by atoms with Crippen molar-refractivity contribution in [1.82, 2.24) is 9.29 Å². The normalized spacial score (nSPS) is 17.7. The van der Waals surface area contributed by atoms with Gasteiger partial charge in [0.1, 0.15) is 5.82 Å². The minimum absolute atomic E-state index is 0.00288. The molecule has 1 aromatic heterocycles. The molecule has 2 aromatic rings. The molecule has 1 aliphatic carbocycles. The van der Waals surface area contributed by atoms with E-state index in [0.29, 0.717) is 23.7 Å². The first-order chi connectivity index (χ1) is 12.4. The van der Waals surface area contributed by atoms with Crippen LogP contribution in [-0.4, -0.2) is 30.2 Å². The number of aromatic nitrogens is 1. The third-order valence-corrected chi connectivity index (χ3v) is 7.32. The van der Waals surface area contributed by atoms with Gasteiger partial charge < -0.3 is 5.32 Å². The first-order valence-corrected chi connectivity index (χ1v) is 10.8. The average Bonchev–Trinajstić information content (AvgIpc) is 3.37. The SMILES string of the molecule is O=C(Nc1nc2c(s1)CN(S(=O)(=O)Cc1ccc(F)cc1)CC2)C1CC1. The molecule has 1 amide bonds. The lowest BCUT2D eigenvalue weighted by Crippen LogP contribution is -2.36. The summed E-state index contributed by atoms with van der Waals surface area (Å²) in [5.41, 5.74) is 1.41. The molecule has 4 rings (SSSR count). The minimum Gasteiger partial charge on any atom is -0.302 e. The molecule has 1 fully saturated rings. The van der Waals surface area contributed by atoms with E-state index in [1.807, 2.05) is 0 Å². The second-order valence-corrected chi connectivity index (χ2v) is 9.67. The van der Waals surface area contributed by atoms with E-state index < -0.39 is 10.0 Å². The molecular weight excluding hydrogens is 377 g/mol. The van der Waals surface area contributed by atoms with Crippen molar-refractivity contribution in [2.45, 2.75) is 31.6 Å². The number of nitrogens with one attached hydrogen (secondary N) is 1. The summed E-state index contributed by atoms with van der Waals surface area (Å²) in [6.45, 7) is 0.617. The van der Waals surface area contributed by atoms with Crippen molar-refractivity contribution in [2.24, 2.45) is 5.92 Å². The maximum Gasteiger partial charge on any atom is 0.229 e. The zero-order chi connectivity index (χ0) is 18.3. The Kier molecular flexibility index (Phi) is 4.54. The zero-order valence-corrected chi connectivity index (χ0v) is 15.6. The molecule has 2 aliphatic rings. The van der Waals surface area contributed by atoms with Crippen LogP contribution < -0.4 is 5.32 Å². The third-order valence-electron chi connectivity index (χ3n) is 4.53. The molecule has 0 bridgehead atoms. The van der Waals surface area contributed by atoms with Gasteiger partial charge in [-0.1, -0.05) is 12.1 Å². The number of nitrogens with zero attached hydrogens (tertiary/aromatic N) is 2. The second kappa shape index (κ2) is 6.71. The van der Waals surface area contributed by atoms with E-state index in [1.165, 1.54) is 39.9 Å². The van der Waals surface area contributed by atoms with E-state index in [9.17, 15) is 17.6 Å². The van der Waals surface area contributed by atoms with Crippen LogP contribution in [0.2, 0.25) is 0 Å². The van der Waals surface area contributed by atoms with Crippen molar-refractivity contribution < 1.29 is 17.6 Å². The fraction of sp³-hybridized carbons (Fsp3) is 0.412. The number of amides is 1. The number of sulfonamides is 1. The molecule has 1 saturated carbocycles. The Bertz CT molecular complexity index is 937. The van der Waals surface area contributed by atoms with Gasteiger partial charge in [-0.15, -0.1) is 11.3 Å². The highest BCUT2D eigenvalue weighted by Crippen LogP contribution is 2.33. The number of hydrogen-bond donors (Lipinski definition) is 1. The van der Waals surface area contributed by atoms with Crippen LogP contribution in [0.1, 0.15) is 29.0 Å². The maximum absolute atomic E-state index is 13.0. The Morgan fingerprint density at radius 3 is 2.73 bits per heavy atom. The monoisotopic (exact) mass is 395 g/mol. The summed E-state index contributed by atoms with van der Waals surface area (Å²) in [6, 6.07) is 5.50. The van der Waals surface area contributed by atoms with Crippen LogP contribution in [0.5, 0.6) is 0 Å². The maximum atomic E-state index is 13.0. The zero-order valence-electron chi connectivity index (χ0n) is 13.9. The van der Waals surface area contributed by atoms with E-state index >= 15 is 0 Å². The van der Waals surface area contributed by atoms with Gasteiger partial charge in [0.05, 0.1) is 11.4 Å². The smallest absolute Gasteiger partial charge is 0.229 e. The highest BCUT2D eigenvalue weighted by Gasteiger charge is 2.32. The van der Waals surface area contributed by atoms with Crippen LogP contribution in [0.25, 0.3) is 0 Å². The van der Waals surface area contributed by atoms with Crippen LogP contribution in [0.15, 0.2) is 24.3 Å². The molecule has 0 saturated heterocycles. The molecule has 138 valence electrons. The summed E-state index contributed by atoms with van der Waals surface area (Å²) in [5.74, 6) is -0.452. The topological polar surface area (TPSA) is 79.4 Å². The van der Waals surface area contributed by atoms with Crippen LogP contribution in [0.4, 0.5) is 9.52 Å². The van der Waals surface area contributed by atoms with E-state index in [2.05, 4.69) is 10.3 Å². The standard InChI is InChI=1S/C17H18FN3O3S2/c18-13-5-1-11(2-6-13)10-26(23,24)21-8-7-14-15(9-21)25-17(19-14)20-16(22)12-3-4-12/h1-2,5-6,12H,3-4,7-10H2,(H,19,20,22). The number of fused-ring (bicyclic) bond motifs is 1. The van der Waals surface area contributed by atoms with Gasteiger partial charge in [-0.3, -0.25) is 4.79 Å². The first-order valence-electron chi connectivity index (χ1n) is 8.42. The van der Waals surface area contributed by atoms with Gasteiger partial charge in [0.25, 0.3) is 0 Å². The van der Waals surface area contributed by atoms with Crippen LogP contribution in [0.3, 0.4) is 0 Å². The third kappa shape index (κ3) is 3.79. The molecule has 0 spiro atoms. The number of anilines is 1. The van der Waals surface area contributed by atoms with Crippen molar-refractivity contribution >= 4 is 32.4 Å². The Balaban J connectivity index is 1.45. The Hall–Kier alpha value is -1.84. The number of carbonyl (C=O) groups is 1. The molecule has 1 N–H and O–H groups in total. The molecule has 9 heteroatoms. The Morgan fingerprint density at radius 1 is 1.31 bits per heavy atom. The Labute approximate surface area is 155 Å². The largest absolute Gasteiger partial charge is 0.302 e. The van der Waals surface area contributed by atoms with Crippen molar-refractivity contribution in [3.8, 4) is 0 Å². The van der Waals surface area contributed by atoms with Crippen molar-refractivity contribution in [3.05, 3.63) is 46.2 Å². The number of carbonyl (C=O) groups excluding carboxylic acids is 1. The average molecular weight is 395 g/mol. The van der Waals surface area contributed by atoms with Crippen LogP contribution in [-0.2, 0) is 33.5 Å². The van der Waals surface area contributed by atoms with Gasteiger partial charge in [-0.2, -0.15) is 4.31 Å². The predicted molar refractivity (Wildman–Crippen MR) is 96.6 cm³/mol. The van der Waals surface area contributed by atoms with Gasteiger partial charge in [0.15, 0.2) is 5.13 Å². The minimum atomic E-state index is -3.51. The van der Waals surface area contributed by atoms with Crippen LogP contribution in [0, 0.1) is 11.7 Å². The van der Waals surface area contributed by atoms with Crippen LogP contribution >= 0.6 is 11.3 Å². The number of hydrogen-bond acceptors (Lipinski definition) is 5. The lowest BCUT2D eigenvalue weighted by atomic mass is 10.2. The summed E-state index contributed by atoms with van der Waals surface area (Å²) in [5, 5.41) is 3.37. The number of benzene rings is 1. The van der Waals surface area contributed by atoms with E-state index in [0.717, 1.165) is 23.4 Å². The van der Waals surface area contributed by atoms with Crippen molar-refractivity contribution in [1.29, 1.82) is 0 Å². The Morgan fingerprint density at radius 2 is 2.04 bits per heavy atom. The highest BCUT2D eigenvalue weighted by atomic mass is 32.2. The van der Waals surface area contributed by atoms with E-state index in [-0.39, 0.29) is 29.9 Å². The van der Waals surface area contributed by atoms with E-state index in [4.69, 9.17) is 0 Å². The summed E-state index contributed by atoms with van der Waals surface area (Å²) in [6.07, 6.45) is 2.37. The molecule has 6 nitrogen and oxygen atoms in total. The highest BCUT2D eigenvalue weighted by molar-refractivity contribution is 7.88. The van der Waals surface area contributed by atoms with E-state index in [1.54, 1.807) is 0 Å². The number of thiazole rings is 1. The number of halogens is 1. The summed E-state index contributed by atoms with van der Waals surface area (Å²) < 4.78 is 39.8. The molecule has 0 unspecified atom stereocenters. The lowest BCUT2D eigenvalue weighted by molar-refractivity contribution is -0.117. The molecule has 0 radical (unpaired) electrons. The number of rotatable bonds is 5. The molecule has 2 heterocycles. The van der Waals surface area contributed by atoms with Crippen molar-refractivity contribution in [2.75, 3.05) is 11.9 Å². The molecule has 1 aromatic carbocycles. The molecular formula is C17H18FN3O3S2. The summed E-state index contributed by atoms with van der Waals surface area (Å²) in [7, 11) is -3.51. The van der Waals surface area contributed by atoms with Gasteiger partial charge in [-0.25, -0.2) is 17.8 Å². The van der Waals surface area contributed by atoms with Gasteiger partial charge in [0, 0.05) is 30.3 Å². The quantitative estimate of drug-likeness (QED) is 0.844. The lowest BCUT2D eigenvalue weighted by Gasteiger charge is -2.25. The summed E-state index contributed by atoms with van der Waals surface area (Å²) in [4.78, 5) is 17.2. The van der Waals surface area contributed by atoms with Crippen molar-refractivity contribution in [3.63, 3.8) is 0 Å². The van der Waals surface area contributed by atoms with Gasteiger partial charge >= 0.3 is 0 Å².